The first-order valence-electron chi connectivity index (χ1n) is 5.34. The molecule has 0 unspecified atom stereocenters. The van der Waals surface area contributed by atoms with E-state index < -0.39 is 10.0 Å². The molecular formula is C11H12ClN3O2S. The van der Waals surface area contributed by atoms with Gasteiger partial charge in [-0.05, 0) is 12.1 Å². The van der Waals surface area contributed by atoms with Crippen LogP contribution in [-0.2, 0) is 10.0 Å². The fourth-order valence-corrected chi connectivity index (χ4v) is 2.57. The molecule has 7 heteroatoms. The van der Waals surface area contributed by atoms with Gasteiger partial charge in [0.2, 0.25) is 0 Å². The normalized spacial score (nSPS) is 11.7. The Kier molecular flexibility index (Phi) is 3.70. The van der Waals surface area contributed by atoms with Gasteiger partial charge in [0.25, 0.3) is 10.0 Å². The molecule has 5 nitrogen and oxygen atoms in total. The molecule has 0 aliphatic rings. The summed E-state index contributed by atoms with van der Waals surface area (Å²) in [6, 6.07) is 8.50. The highest BCUT2D eigenvalue weighted by atomic mass is 35.5. The summed E-state index contributed by atoms with van der Waals surface area (Å²) < 4.78 is 25.8. The molecule has 0 fully saturated rings. The van der Waals surface area contributed by atoms with Crippen LogP contribution in [0.1, 0.15) is 6.92 Å². The van der Waals surface area contributed by atoms with E-state index in [1.807, 2.05) is 0 Å². The van der Waals surface area contributed by atoms with Gasteiger partial charge in [-0.2, -0.15) is 5.10 Å². The van der Waals surface area contributed by atoms with Crippen molar-refractivity contribution in [1.29, 1.82) is 0 Å². The lowest BCUT2D eigenvalue weighted by Gasteiger charge is -1.99. The zero-order valence-corrected chi connectivity index (χ0v) is 11.2. The van der Waals surface area contributed by atoms with Crippen LogP contribution in [-0.4, -0.2) is 25.2 Å². The highest BCUT2D eigenvalue weighted by Crippen LogP contribution is 2.21. The molecule has 18 heavy (non-hydrogen) atoms. The third-order valence-corrected chi connectivity index (χ3v) is 4.03. The molecule has 0 spiro atoms. The molecule has 0 amide bonds. The van der Waals surface area contributed by atoms with Crippen LogP contribution in [0.2, 0.25) is 5.02 Å². The Morgan fingerprint density at radius 1 is 1.33 bits per heavy atom. The fraction of sp³-hybridized carbons (Fsp3) is 0.182. The summed E-state index contributed by atoms with van der Waals surface area (Å²) in [6.45, 7) is 2.05. The minimum atomic E-state index is -3.50. The lowest BCUT2D eigenvalue weighted by Crippen LogP contribution is -2.23. The highest BCUT2D eigenvalue weighted by Gasteiger charge is 2.16. The van der Waals surface area contributed by atoms with E-state index in [4.69, 9.17) is 11.6 Å². The summed E-state index contributed by atoms with van der Waals surface area (Å²) in [5, 5.41) is 7.16. The highest BCUT2D eigenvalue weighted by molar-refractivity contribution is 7.89. The molecular weight excluding hydrogens is 274 g/mol. The van der Waals surface area contributed by atoms with Gasteiger partial charge in [0, 0.05) is 23.2 Å². The number of hydrogen-bond donors (Lipinski definition) is 2. The number of aromatic amines is 1. The number of sulfonamides is 1. The Hall–Kier alpha value is -1.37. The van der Waals surface area contributed by atoms with Crippen LogP contribution in [0.25, 0.3) is 11.3 Å². The molecule has 1 aromatic heterocycles. The molecule has 0 radical (unpaired) electrons. The van der Waals surface area contributed by atoms with Crippen molar-refractivity contribution in [2.45, 2.75) is 11.9 Å². The van der Waals surface area contributed by atoms with E-state index in [1.165, 1.54) is 6.07 Å². The lowest BCUT2D eigenvalue weighted by molar-refractivity contribution is 0.579. The van der Waals surface area contributed by atoms with Crippen molar-refractivity contribution in [2.75, 3.05) is 6.54 Å². The van der Waals surface area contributed by atoms with Crippen molar-refractivity contribution in [3.8, 4) is 11.3 Å². The van der Waals surface area contributed by atoms with E-state index in [0.29, 0.717) is 17.3 Å². The van der Waals surface area contributed by atoms with Gasteiger partial charge < -0.3 is 0 Å². The van der Waals surface area contributed by atoms with E-state index in [0.717, 1.165) is 5.56 Å². The van der Waals surface area contributed by atoms with Gasteiger partial charge in [0.05, 0.1) is 5.69 Å². The standard InChI is InChI=1S/C11H12ClN3O2S/c1-2-13-18(16,17)11-7-10(14-15-11)8-3-5-9(12)6-4-8/h3-7,13H,2H2,1H3,(H,14,15). The number of nitrogens with one attached hydrogen (secondary N) is 2. The van der Waals surface area contributed by atoms with Crippen molar-refractivity contribution in [3.63, 3.8) is 0 Å². The van der Waals surface area contributed by atoms with Gasteiger partial charge >= 0.3 is 0 Å². The average Bonchev–Trinajstić information content (AvgIpc) is 2.80. The van der Waals surface area contributed by atoms with Crippen molar-refractivity contribution in [3.05, 3.63) is 35.4 Å². The summed E-state index contributed by atoms with van der Waals surface area (Å²) >= 11 is 5.78. The SMILES string of the molecule is CCNS(=O)(=O)c1cc(-c2ccc(Cl)cc2)n[nH]1. The molecule has 1 aromatic carbocycles. The maximum Gasteiger partial charge on any atom is 0.257 e. The van der Waals surface area contributed by atoms with E-state index in [-0.39, 0.29) is 5.03 Å². The zero-order chi connectivity index (χ0) is 13.2. The first-order chi connectivity index (χ1) is 8.53. The van der Waals surface area contributed by atoms with Gasteiger partial charge in [0.15, 0.2) is 5.03 Å². The second kappa shape index (κ2) is 5.09. The Morgan fingerprint density at radius 3 is 2.61 bits per heavy atom. The Morgan fingerprint density at radius 2 is 2.00 bits per heavy atom. The minimum absolute atomic E-state index is 0.0503. The van der Waals surface area contributed by atoms with Crippen LogP contribution in [0.3, 0.4) is 0 Å². The topological polar surface area (TPSA) is 74.8 Å². The molecule has 0 aliphatic heterocycles. The number of rotatable bonds is 4. The van der Waals surface area contributed by atoms with Crippen LogP contribution < -0.4 is 4.72 Å². The molecule has 0 bridgehead atoms. The van der Waals surface area contributed by atoms with Gasteiger partial charge in [-0.25, -0.2) is 13.1 Å². The number of H-pyrrole nitrogens is 1. The van der Waals surface area contributed by atoms with Crippen molar-refractivity contribution in [1.82, 2.24) is 14.9 Å². The predicted octanol–water partition coefficient (Wildman–Crippen LogP) is 2.03. The lowest BCUT2D eigenvalue weighted by atomic mass is 10.2. The van der Waals surface area contributed by atoms with Crippen LogP contribution in [0.5, 0.6) is 0 Å². The smallest absolute Gasteiger partial charge is 0.257 e. The summed E-state index contributed by atoms with van der Waals surface area (Å²) in [5.74, 6) is 0. The summed E-state index contributed by atoms with van der Waals surface area (Å²) in [5.41, 5.74) is 1.36. The molecule has 2 rings (SSSR count). The molecule has 2 aromatic rings. The summed E-state index contributed by atoms with van der Waals surface area (Å²) in [7, 11) is -3.50. The van der Waals surface area contributed by atoms with Gasteiger partial charge in [-0.15, -0.1) is 0 Å². The third-order valence-electron chi connectivity index (χ3n) is 2.32. The van der Waals surface area contributed by atoms with Crippen molar-refractivity contribution >= 4 is 21.6 Å². The van der Waals surface area contributed by atoms with Crippen molar-refractivity contribution in [2.24, 2.45) is 0 Å². The maximum absolute atomic E-state index is 11.7. The Balaban J connectivity index is 2.34. The molecule has 2 N–H and O–H groups in total. The largest absolute Gasteiger partial charge is 0.266 e. The molecule has 1 heterocycles. The first-order valence-corrected chi connectivity index (χ1v) is 7.20. The molecule has 0 aliphatic carbocycles. The van der Waals surface area contributed by atoms with Gasteiger partial charge in [0.1, 0.15) is 0 Å². The summed E-state index contributed by atoms with van der Waals surface area (Å²) in [4.78, 5) is 0. The van der Waals surface area contributed by atoms with E-state index in [2.05, 4.69) is 14.9 Å². The minimum Gasteiger partial charge on any atom is -0.266 e. The molecule has 0 atom stereocenters. The monoisotopic (exact) mass is 285 g/mol. The Bertz CT molecular complexity index is 635. The van der Waals surface area contributed by atoms with Gasteiger partial charge in [-0.1, -0.05) is 30.7 Å². The van der Waals surface area contributed by atoms with Crippen LogP contribution in [0.15, 0.2) is 35.4 Å². The fourth-order valence-electron chi connectivity index (χ4n) is 1.48. The van der Waals surface area contributed by atoms with E-state index in [1.54, 1.807) is 31.2 Å². The predicted molar refractivity (Wildman–Crippen MR) is 69.9 cm³/mol. The number of nitrogens with zero attached hydrogens (tertiary/aromatic N) is 1. The van der Waals surface area contributed by atoms with Crippen LogP contribution in [0, 0.1) is 0 Å². The van der Waals surface area contributed by atoms with Crippen molar-refractivity contribution < 1.29 is 8.42 Å². The number of halogens is 1. The number of aromatic nitrogens is 2. The zero-order valence-electron chi connectivity index (χ0n) is 9.64. The number of benzene rings is 1. The second-order valence-corrected chi connectivity index (χ2v) is 5.80. The van der Waals surface area contributed by atoms with Gasteiger partial charge in [-0.3, -0.25) is 5.10 Å². The maximum atomic E-state index is 11.7. The summed E-state index contributed by atoms with van der Waals surface area (Å²) in [6.07, 6.45) is 0. The third kappa shape index (κ3) is 2.72. The first kappa shape index (κ1) is 13.1. The second-order valence-electron chi connectivity index (χ2n) is 3.63. The van der Waals surface area contributed by atoms with E-state index in [9.17, 15) is 8.42 Å². The quantitative estimate of drug-likeness (QED) is 0.902. The Labute approximate surface area is 110 Å². The molecule has 0 saturated carbocycles. The number of hydrogen-bond acceptors (Lipinski definition) is 3. The van der Waals surface area contributed by atoms with E-state index >= 15 is 0 Å². The molecule has 0 saturated heterocycles. The van der Waals surface area contributed by atoms with Crippen LogP contribution >= 0.6 is 11.6 Å². The van der Waals surface area contributed by atoms with Crippen LogP contribution in [0.4, 0.5) is 0 Å². The average molecular weight is 286 g/mol. The molecule has 96 valence electrons.